The standard InChI is InChI=1S/C8H10ClNOS/c9-7-1-2-10-8(5-7)6-12-4-3-11/h1-2,5,11H,3-4,6H2. The van der Waals surface area contributed by atoms with Crippen LogP contribution in [0.1, 0.15) is 5.69 Å². The molecule has 1 N–H and O–H groups in total. The zero-order chi connectivity index (χ0) is 8.81. The molecule has 1 rings (SSSR count). The number of rotatable bonds is 4. The molecule has 0 fully saturated rings. The molecule has 2 nitrogen and oxygen atoms in total. The highest BCUT2D eigenvalue weighted by Gasteiger charge is 1.95. The third kappa shape index (κ3) is 3.43. The molecule has 1 aromatic rings. The first-order valence-corrected chi connectivity index (χ1v) is 5.15. The van der Waals surface area contributed by atoms with Crippen LogP contribution in [-0.4, -0.2) is 22.5 Å². The number of hydrogen-bond acceptors (Lipinski definition) is 3. The molecule has 0 unspecified atom stereocenters. The fourth-order valence-corrected chi connectivity index (χ4v) is 1.59. The van der Waals surface area contributed by atoms with Crippen LogP contribution in [0.4, 0.5) is 0 Å². The van der Waals surface area contributed by atoms with Crippen molar-refractivity contribution in [2.75, 3.05) is 12.4 Å². The first kappa shape index (κ1) is 9.84. The summed E-state index contributed by atoms with van der Waals surface area (Å²) in [7, 11) is 0. The van der Waals surface area contributed by atoms with Crippen LogP contribution in [0.25, 0.3) is 0 Å². The minimum absolute atomic E-state index is 0.214. The van der Waals surface area contributed by atoms with Crippen molar-refractivity contribution in [3.8, 4) is 0 Å². The zero-order valence-electron chi connectivity index (χ0n) is 6.53. The summed E-state index contributed by atoms with van der Waals surface area (Å²) in [5.74, 6) is 1.55. The molecule has 0 saturated carbocycles. The second-order valence-electron chi connectivity index (χ2n) is 2.24. The van der Waals surface area contributed by atoms with Gasteiger partial charge in [0, 0.05) is 22.7 Å². The van der Waals surface area contributed by atoms with Crippen molar-refractivity contribution in [2.24, 2.45) is 0 Å². The third-order valence-electron chi connectivity index (χ3n) is 1.26. The summed E-state index contributed by atoms with van der Waals surface area (Å²) in [5.41, 5.74) is 0.959. The molecule has 1 heterocycles. The molecule has 0 amide bonds. The summed E-state index contributed by atoms with van der Waals surface area (Å²) in [5, 5.41) is 9.24. The zero-order valence-corrected chi connectivity index (χ0v) is 8.11. The highest BCUT2D eigenvalue weighted by molar-refractivity contribution is 7.98. The van der Waals surface area contributed by atoms with Gasteiger partial charge in [-0.05, 0) is 12.1 Å². The molecule has 12 heavy (non-hydrogen) atoms. The summed E-state index contributed by atoms with van der Waals surface area (Å²) in [6.45, 7) is 0.214. The largest absolute Gasteiger partial charge is 0.396 e. The first-order chi connectivity index (χ1) is 5.83. The average Bonchev–Trinajstić information content (AvgIpc) is 2.05. The molecule has 0 aromatic carbocycles. The van der Waals surface area contributed by atoms with Crippen LogP contribution in [0.2, 0.25) is 5.02 Å². The lowest BCUT2D eigenvalue weighted by Crippen LogP contribution is -1.90. The molecule has 66 valence electrons. The molecule has 0 aliphatic carbocycles. The van der Waals surface area contributed by atoms with Crippen LogP contribution < -0.4 is 0 Å². The van der Waals surface area contributed by atoms with Crippen LogP contribution in [0.15, 0.2) is 18.3 Å². The van der Waals surface area contributed by atoms with Gasteiger partial charge < -0.3 is 5.11 Å². The van der Waals surface area contributed by atoms with E-state index in [9.17, 15) is 0 Å². The van der Waals surface area contributed by atoms with Crippen LogP contribution in [0.3, 0.4) is 0 Å². The topological polar surface area (TPSA) is 33.1 Å². The lowest BCUT2D eigenvalue weighted by Gasteiger charge is -1.98. The second-order valence-corrected chi connectivity index (χ2v) is 3.78. The van der Waals surface area contributed by atoms with Crippen LogP contribution in [0.5, 0.6) is 0 Å². The fourth-order valence-electron chi connectivity index (χ4n) is 0.769. The van der Waals surface area contributed by atoms with Crippen molar-refractivity contribution in [1.82, 2.24) is 4.98 Å². The van der Waals surface area contributed by atoms with E-state index in [0.717, 1.165) is 17.2 Å². The van der Waals surface area contributed by atoms with Gasteiger partial charge in [0.05, 0.1) is 12.3 Å². The maximum Gasteiger partial charge on any atom is 0.0521 e. The van der Waals surface area contributed by atoms with Gasteiger partial charge in [-0.15, -0.1) is 0 Å². The summed E-state index contributed by atoms with van der Waals surface area (Å²) in [4.78, 5) is 4.12. The lowest BCUT2D eigenvalue weighted by atomic mass is 10.4. The van der Waals surface area contributed by atoms with Crippen LogP contribution in [0, 0.1) is 0 Å². The normalized spacial score (nSPS) is 10.2. The third-order valence-corrected chi connectivity index (χ3v) is 2.47. The van der Waals surface area contributed by atoms with Crippen molar-refractivity contribution in [3.05, 3.63) is 29.0 Å². The Morgan fingerprint density at radius 1 is 1.58 bits per heavy atom. The minimum atomic E-state index is 0.214. The molecular weight excluding hydrogens is 194 g/mol. The number of thioether (sulfide) groups is 1. The highest BCUT2D eigenvalue weighted by atomic mass is 35.5. The van der Waals surface area contributed by atoms with Crippen LogP contribution >= 0.6 is 23.4 Å². The molecule has 1 aromatic heterocycles. The Hall–Kier alpha value is -0.250. The predicted molar refractivity (Wildman–Crippen MR) is 52.5 cm³/mol. The molecule has 4 heteroatoms. The van der Waals surface area contributed by atoms with E-state index in [4.69, 9.17) is 16.7 Å². The lowest BCUT2D eigenvalue weighted by molar-refractivity contribution is 0.322. The predicted octanol–water partition coefficient (Wildman–Crippen LogP) is 1.96. The molecule has 0 spiro atoms. The number of halogens is 1. The van der Waals surface area contributed by atoms with Crippen molar-refractivity contribution >= 4 is 23.4 Å². The minimum Gasteiger partial charge on any atom is -0.396 e. The Morgan fingerprint density at radius 2 is 2.42 bits per heavy atom. The van der Waals surface area contributed by atoms with E-state index in [-0.39, 0.29) is 6.61 Å². The van der Waals surface area contributed by atoms with Gasteiger partial charge in [0.25, 0.3) is 0 Å². The van der Waals surface area contributed by atoms with Gasteiger partial charge in [-0.25, -0.2) is 0 Å². The van der Waals surface area contributed by atoms with E-state index in [1.54, 1.807) is 24.0 Å². The summed E-state index contributed by atoms with van der Waals surface area (Å²) in [6.07, 6.45) is 1.69. The SMILES string of the molecule is OCCSCc1cc(Cl)ccn1. The highest BCUT2D eigenvalue weighted by Crippen LogP contribution is 2.13. The van der Waals surface area contributed by atoms with E-state index in [0.29, 0.717) is 5.02 Å². The van der Waals surface area contributed by atoms with Gasteiger partial charge in [0.2, 0.25) is 0 Å². The number of nitrogens with zero attached hydrogens (tertiary/aromatic N) is 1. The Balaban J connectivity index is 2.41. The molecule has 0 radical (unpaired) electrons. The quantitative estimate of drug-likeness (QED) is 0.760. The summed E-state index contributed by atoms with van der Waals surface area (Å²) < 4.78 is 0. The van der Waals surface area contributed by atoms with Gasteiger partial charge in [-0.1, -0.05) is 11.6 Å². The molecule has 0 aliphatic rings. The van der Waals surface area contributed by atoms with Crippen molar-refractivity contribution in [1.29, 1.82) is 0 Å². The molecule has 0 atom stereocenters. The van der Waals surface area contributed by atoms with Gasteiger partial charge >= 0.3 is 0 Å². The maximum atomic E-state index is 8.53. The van der Waals surface area contributed by atoms with Gasteiger partial charge in [-0.3, -0.25) is 4.98 Å². The Kier molecular flexibility index (Phi) is 4.43. The summed E-state index contributed by atoms with van der Waals surface area (Å²) in [6, 6.07) is 3.59. The number of pyridine rings is 1. The molecule has 0 aliphatic heterocycles. The second kappa shape index (κ2) is 5.41. The van der Waals surface area contributed by atoms with E-state index in [1.165, 1.54) is 0 Å². The Labute approximate surface area is 81.0 Å². The van der Waals surface area contributed by atoms with Gasteiger partial charge in [0.15, 0.2) is 0 Å². The van der Waals surface area contributed by atoms with Crippen molar-refractivity contribution in [3.63, 3.8) is 0 Å². The number of aromatic nitrogens is 1. The number of hydrogen-bond donors (Lipinski definition) is 1. The van der Waals surface area contributed by atoms with Crippen molar-refractivity contribution in [2.45, 2.75) is 5.75 Å². The Morgan fingerprint density at radius 3 is 3.08 bits per heavy atom. The molecular formula is C8H10ClNOS. The van der Waals surface area contributed by atoms with E-state index in [1.807, 2.05) is 6.07 Å². The number of aliphatic hydroxyl groups excluding tert-OH is 1. The van der Waals surface area contributed by atoms with E-state index >= 15 is 0 Å². The summed E-state index contributed by atoms with van der Waals surface area (Å²) >= 11 is 7.40. The van der Waals surface area contributed by atoms with Crippen molar-refractivity contribution < 1.29 is 5.11 Å². The average molecular weight is 204 g/mol. The monoisotopic (exact) mass is 203 g/mol. The first-order valence-electron chi connectivity index (χ1n) is 3.62. The fraction of sp³-hybridized carbons (Fsp3) is 0.375. The van der Waals surface area contributed by atoms with E-state index in [2.05, 4.69) is 4.98 Å². The number of aliphatic hydroxyl groups is 1. The molecule has 0 saturated heterocycles. The van der Waals surface area contributed by atoms with E-state index < -0.39 is 0 Å². The van der Waals surface area contributed by atoms with Crippen LogP contribution in [-0.2, 0) is 5.75 Å². The Bertz CT molecular complexity index is 244. The van der Waals surface area contributed by atoms with Gasteiger partial charge in [-0.2, -0.15) is 11.8 Å². The molecule has 0 bridgehead atoms. The maximum absolute atomic E-state index is 8.53. The smallest absolute Gasteiger partial charge is 0.0521 e. The van der Waals surface area contributed by atoms with Gasteiger partial charge in [0.1, 0.15) is 0 Å².